The Labute approximate surface area is 205 Å². The lowest BCUT2D eigenvalue weighted by Crippen LogP contribution is -2.52. The molecular formula is C22H34F3IN4O2. The van der Waals surface area contributed by atoms with Crippen molar-refractivity contribution < 1.29 is 22.6 Å². The van der Waals surface area contributed by atoms with Crippen molar-refractivity contribution in [2.24, 2.45) is 4.99 Å². The minimum atomic E-state index is -4.31. The van der Waals surface area contributed by atoms with E-state index in [1.54, 1.807) is 13.2 Å². The smallest absolute Gasteiger partial charge is 0.381 e. The molecule has 182 valence electrons. The molecule has 2 saturated heterocycles. The summed E-state index contributed by atoms with van der Waals surface area (Å²) in [5, 5.41) is 3.37. The quantitative estimate of drug-likeness (QED) is 0.322. The summed E-state index contributed by atoms with van der Waals surface area (Å²) in [7, 11) is 1.74. The third-order valence-electron chi connectivity index (χ3n) is 6.02. The summed E-state index contributed by atoms with van der Waals surface area (Å²) in [5.74, 6) is 0.865. The van der Waals surface area contributed by atoms with Crippen LogP contribution in [0.4, 0.5) is 13.2 Å². The number of nitrogens with one attached hydrogen (secondary N) is 1. The molecule has 1 aromatic carbocycles. The van der Waals surface area contributed by atoms with Crippen molar-refractivity contribution in [3.8, 4) is 0 Å². The van der Waals surface area contributed by atoms with Gasteiger partial charge in [0.2, 0.25) is 0 Å². The lowest BCUT2D eigenvalue weighted by atomic mass is 9.94. The van der Waals surface area contributed by atoms with Gasteiger partial charge in [-0.3, -0.25) is 9.89 Å². The maximum absolute atomic E-state index is 13.0. The van der Waals surface area contributed by atoms with E-state index in [-0.39, 0.29) is 29.6 Å². The van der Waals surface area contributed by atoms with Gasteiger partial charge >= 0.3 is 6.18 Å². The minimum absolute atomic E-state index is 0. The number of alkyl halides is 3. The van der Waals surface area contributed by atoms with E-state index < -0.39 is 11.7 Å². The van der Waals surface area contributed by atoms with Crippen LogP contribution in [-0.4, -0.2) is 81.0 Å². The predicted molar refractivity (Wildman–Crippen MR) is 129 cm³/mol. The number of hydrogen-bond donors (Lipinski definition) is 1. The highest BCUT2D eigenvalue weighted by Crippen LogP contribution is 2.30. The summed E-state index contributed by atoms with van der Waals surface area (Å²) in [6, 6.07) is 5.60. The maximum atomic E-state index is 13.0. The Morgan fingerprint density at radius 2 is 1.88 bits per heavy atom. The molecule has 3 rings (SSSR count). The fraction of sp³-hybridized carbons (Fsp3) is 0.682. The van der Waals surface area contributed by atoms with Crippen molar-refractivity contribution >= 4 is 29.9 Å². The molecule has 2 heterocycles. The molecular weight excluding hydrogens is 536 g/mol. The van der Waals surface area contributed by atoms with Gasteiger partial charge < -0.3 is 19.7 Å². The standard InChI is InChI=1S/C22H33F3N4O2.HI/c1-3-26-20(27-17-21(30-2)7-13-31-14-8-21)29-11-9-28(10-12-29)16-18-5-4-6-19(15-18)22(23,24)25;/h4-6,15H,3,7-14,16-17H2,1-2H3,(H,26,27);1H. The highest BCUT2D eigenvalue weighted by atomic mass is 127. The third-order valence-corrected chi connectivity index (χ3v) is 6.02. The Hall–Kier alpha value is -1.11. The molecule has 0 bridgehead atoms. The fourth-order valence-corrected chi connectivity index (χ4v) is 4.04. The molecule has 0 aromatic heterocycles. The summed E-state index contributed by atoms with van der Waals surface area (Å²) in [6.07, 6.45) is -2.65. The number of nitrogens with zero attached hydrogens (tertiary/aromatic N) is 3. The molecule has 1 aromatic rings. The van der Waals surface area contributed by atoms with Crippen molar-refractivity contribution in [3.05, 3.63) is 35.4 Å². The van der Waals surface area contributed by atoms with E-state index in [2.05, 4.69) is 15.1 Å². The summed E-state index contributed by atoms with van der Waals surface area (Å²) in [6.45, 7) is 8.36. The third kappa shape index (κ3) is 7.46. The number of methoxy groups -OCH3 is 1. The molecule has 32 heavy (non-hydrogen) atoms. The Kier molecular flexibility index (Phi) is 10.5. The lowest BCUT2D eigenvalue weighted by Gasteiger charge is -2.38. The molecule has 2 aliphatic rings. The molecule has 10 heteroatoms. The molecule has 0 saturated carbocycles. The second kappa shape index (κ2) is 12.4. The number of halogens is 4. The zero-order valence-corrected chi connectivity index (χ0v) is 21.1. The molecule has 0 atom stereocenters. The van der Waals surface area contributed by atoms with Gasteiger partial charge in [-0.15, -0.1) is 24.0 Å². The summed E-state index contributed by atoms with van der Waals surface area (Å²) in [4.78, 5) is 9.26. The van der Waals surface area contributed by atoms with Crippen LogP contribution in [0.3, 0.4) is 0 Å². The van der Waals surface area contributed by atoms with E-state index in [0.717, 1.165) is 57.6 Å². The first-order valence-corrected chi connectivity index (χ1v) is 10.9. The minimum Gasteiger partial charge on any atom is -0.381 e. The number of guanidine groups is 1. The molecule has 2 fully saturated rings. The Bertz CT molecular complexity index is 734. The Morgan fingerprint density at radius 3 is 2.47 bits per heavy atom. The highest BCUT2D eigenvalue weighted by molar-refractivity contribution is 14.0. The van der Waals surface area contributed by atoms with Gasteiger partial charge in [-0.05, 0) is 18.6 Å². The number of ether oxygens (including phenoxy) is 2. The van der Waals surface area contributed by atoms with Crippen LogP contribution in [0.25, 0.3) is 0 Å². The first-order valence-electron chi connectivity index (χ1n) is 10.9. The van der Waals surface area contributed by atoms with Gasteiger partial charge in [-0.1, -0.05) is 18.2 Å². The van der Waals surface area contributed by atoms with E-state index in [1.807, 2.05) is 6.92 Å². The maximum Gasteiger partial charge on any atom is 0.416 e. The lowest BCUT2D eigenvalue weighted by molar-refractivity contribution is -0.137. The molecule has 0 amide bonds. The number of aliphatic imine (C=N–C) groups is 1. The average Bonchev–Trinajstić information content (AvgIpc) is 2.77. The normalized spacial score (nSPS) is 20.0. The van der Waals surface area contributed by atoms with Crippen LogP contribution in [0.15, 0.2) is 29.3 Å². The fourth-order valence-electron chi connectivity index (χ4n) is 4.04. The van der Waals surface area contributed by atoms with Crippen LogP contribution >= 0.6 is 24.0 Å². The van der Waals surface area contributed by atoms with Crippen LogP contribution < -0.4 is 5.32 Å². The van der Waals surface area contributed by atoms with Crippen LogP contribution in [-0.2, 0) is 22.2 Å². The number of hydrogen-bond acceptors (Lipinski definition) is 4. The van der Waals surface area contributed by atoms with Crippen molar-refractivity contribution in [1.82, 2.24) is 15.1 Å². The van der Waals surface area contributed by atoms with Gasteiger partial charge in [0, 0.05) is 72.4 Å². The molecule has 6 nitrogen and oxygen atoms in total. The zero-order valence-electron chi connectivity index (χ0n) is 18.8. The average molecular weight is 570 g/mol. The highest BCUT2D eigenvalue weighted by Gasteiger charge is 2.33. The molecule has 0 radical (unpaired) electrons. The number of benzene rings is 1. The Morgan fingerprint density at radius 1 is 1.19 bits per heavy atom. The van der Waals surface area contributed by atoms with Gasteiger partial charge in [0.25, 0.3) is 0 Å². The van der Waals surface area contributed by atoms with Gasteiger partial charge in [-0.25, -0.2) is 0 Å². The summed E-state index contributed by atoms with van der Waals surface area (Å²) >= 11 is 0. The van der Waals surface area contributed by atoms with Gasteiger partial charge in [0.1, 0.15) is 0 Å². The van der Waals surface area contributed by atoms with E-state index in [9.17, 15) is 13.2 Å². The Balaban J connectivity index is 0.00000363. The van der Waals surface area contributed by atoms with Crippen molar-refractivity contribution in [2.75, 3.05) is 59.6 Å². The number of rotatable bonds is 6. The van der Waals surface area contributed by atoms with Crippen LogP contribution in [0.1, 0.15) is 30.9 Å². The summed E-state index contributed by atoms with van der Waals surface area (Å²) in [5.41, 5.74) is -0.180. The van der Waals surface area contributed by atoms with Crippen LogP contribution in [0.5, 0.6) is 0 Å². The largest absolute Gasteiger partial charge is 0.416 e. The van der Waals surface area contributed by atoms with E-state index in [0.29, 0.717) is 31.9 Å². The first kappa shape index (κ1) is 27.1. The van der Waals surface area contributed by atoms with E-state index >= 15 is 0 Å². The zero-order chi connectivity index (χ0) is 22.3. The van der Waals surface area contributed by atoms with E-state index in [1.165, 1.54) is 12.1 Å². The van der Waals surface area contributed by atoms with Crippen molar-refractivity contribution in [2.45, 2.75) is 38.1 Å². The first-order chi connectivity index (χ1) is 14.8. The van der Waals surface area contributed by atoms with Crippen molar-refractivity contribution in [3.63, 3.8) is 0 Å². The van der Waals surface area contributed by atoms with Gasteiger partial charge in [0.15, 0.2) is 5.96 Å². The molecule has 2 aliphatic heterocycles. The van der Waals surface area contributed by atoms with Crippen molar-refractivity contribution in [1.29, 1.82) is 0 Å². The molecule has 0 unspecified atom stereocenters. The monoisotopic (exact) mass is 570 g/mol. The summed E-state index contributed by atoms with van der Waals surface area (Å²) < 4.78 is 50.1. The van der Waals surface area contributed by atoms with Gasteiger partial charge in [0.05, 0.1) is 17.7 Å². The SMILES string of the molecule is CCNC(=NCC1(OC)CCOCC1)N1CCN(Cc2cccc(C(F)(F)F)c2)CC1.I. The molecule has 0 spiro atoms. The van der Waals surface area contributed by atoms with Crippen LogP contribution in [0, 0.1) is 0 Å². The second-order valence-electron chi connectivity index (χ2n) is 8.13. The second-order valence-corrected chi connectivity index (χ2v) is 8.13. The molecule has 0 aliphatic carbocycles. The molecule has 1 N–H and O–H groups in total. The van der Waals surface area contributed by atoms with Gasteiger partial charge in [-0.2, -0.15) is 13.2 Å². The number of piperazine rings is 1. The van der Waals surface area contributed by atoms with E-state index in [4.69, 9.17) is 14.5 Å². The topological polar surface area (TPSA) is 49.3 Å². The predicted octanol–water partition coefficient (Wildman–Crippen LogP) is 3.60. The van der Waals surface area contributed by atoms with Crippen LogP contribution in [0.2, 0.25) is 0 Å².